The number of fused-ring (bicyclic) bond motifs is 1. The summed E-state index contributed by atoms with van der Waals surface area (Å²) in [5.41, 5.74) is 3.84. The number of rotatable bonds is 5. The quantitative estimate of drug-likeness (QED) is 0.892. The summed E-state index contributed by atoms with van der Waals surface area (Å²) in [5, 5.41) is 7.92. The molecule has 1 saturated heterocycles. The SMILES string of the molecule is CCC(=O)NC1CCN(Cc2nn(CC)c3c2COCC3)CC1. The molecule has 0 spiro atoms. The van der Waals surface area contributed by atoms with Crippen molar-refractivity contribution in [3.63, 3.8) is 0 Å². The molecule has 3 rings (SSSR count). The fraction of sp³-hybridized carbons (Fsp3) is 0.765. The van der Waals surface area contributed by atoms with Crippen molar-refractivity contribution < 1.29 is 9.53 Å². The Morgan fingerprint density at radius 3 is 2.83 bits per heavy atom. The Morgan fingerprint density at radius 2 is 2.13 bits per heavy atom. The summed E-state index contributed by atoms with van der Waals surface area (Å²) in [6.07, 6.45) is 3.60. The normalized spacial score (nSPS) is 19.6. The Morgan fingerprint density at radius 1 is 1.35 bits per heavy atom. The van der Waals surface area contributed by atoms with Gasteiger partial charge in [0.2, 0.25) is 5.91 Å². The lowest BCUT2D eigenvalue weighted by Gasteiger charge is -2.32. The van der Waals surface area contributed by atoms with Crippen LogP contribution in [-0.4, -0.2) is 46.3 Å². The number of nitrogens with one attached hydrogen (secondary N) is 1. The van der Waals surface area contributed by atoms with Crippen molar-refractivity contribution in [1.29, 1.82) is 0 Å². The summed E-state index contributed by atoms with van der Waals surface area (Å²) in [4.78, 5) is 13.9. The highest BCUT2D eigenvalue weighted by atomic mass is 16.5. The number of amides is 1. The molecular weight excluding hydrogens is 292 g/mol. The first kappa shape index (κ1) is 16.5. The second kappa shape index (κ2) is 7.45. The van der Waals surface area contributed by atoms with Crippen LogP contribution in [0, 0.1) is 0 Å². The summed E-state index contributed by atoms with van der Waals surface area (Å²) in [5.74, 6) is 0.163. The Labute approximate surface area is 138 Å². The first-order valence-corrected chi connectivity index (χ1v) is 8.88. The lowest BCUT2D eigenvalue weighted by Crippen LogP contribution is -2.44. The minimum atomic E-state index is 0.163. The number of piperidine rings is 1. The van der Waals surface area contributed by atoms with Gasteiger partial charge in [0.15, 0.2) is 0 Å². The van der Waals surface area contributed by atoms with E-state index in [2.05, 4.69) is 21.8 Å². The zero-order valence-electron chi connectivity index (χ0n) is 14.3. The van der Waals surface area contributed by atoms with Gasteiger partial charge < -0.3 is 10.1 Å². The molecule has 0 aromatic carbocycles. The minimum absolute atomic E-state index is 0.163. The van der Waals surface area contributed by atoms with Crippen LogP contribution in [0.2, 0.25) is 0 Å². The van der Waals surface area contributed by atoms with Crippen LogP contribution in [0.4, 0.5) is 0 Å². The van der Waals surface area contributed by atoms with E-state index in [9.17, 15) is 4.79 Å². The molecule has 1 aromatic rings. The maximum atomic E-state index is 11.5. The van der Waals surface area contributed by atoms with Crippen molar-refractivity contribution in [2.75, 3.05) is 19.7 Å². The van der Waals surface area contributed by atoms with Gasteiger partial charge >= 0.3 is 0 Å². The Balaban J connectivity index is 1.59. The predicted octanol–water partition coefficient (Wildman–Crippen LogP) is 1.47. The number of ether oxygens (including phenoxy) is 1. The van der Waals surface area contributed by atoms with Crippen LogP contribution < -0.4 is 5.32 Å². The molecule has 0 radical (unpaired) electrons. The molecule has 0 unspecified atom stereocenters. The summed E-state index contributed by atoms with van der Waals surface area (Å²) in [6, 6.07) is 0.337. The highest BCUT2D eigenvalue weighted by Gasteiger charge is 2.25. The van der Waals surface area contributed by atoms with E-state index in [4.69, 9.17) is 9.84 Å². The monoisotopic (exact) mass is 320 g/mol. The van der Waals surface area contributed by atoms with Crippen LogP contribution in [0.25, 0.3) is 0 Å². The number of hydrogen-bond acceptors (Lipinski definition) is 4. The highest BCUT2D eigenvalue weighted by molar-refractivity contribution is 5.75. The fourth-order valence-corrected chi connectivity index (χ4v) is 3.54. The van der Waals surface area contributed by atoms with Crippen molar-refractivity contribution in [3.8, 4) is 0 Å². The third-order valence-corrected chi connectivity index (χ3v) is 4.93. The molecule has 23 heavy (non-hydrogen) atoms. The molecule has 3 heterocycles. The third-order valence-electron chi connectivity index (χ3n) is 4.93. The van der Waals surface area contributed by atoms with E-state index in [0.717, 1.165) is 52.0 Å². The van der Waals surface area contributed by atoms with Gasteiger partial charge in [-0.3, -0.25) is 14.4 Å². The Kier molecular flexibility index (Phi) is 5.33. The standard InChI is InChI=1S/C17H28N4O2/c1-3-17(22)18-13-5-8-20(9-6-13)11-15-14-12-23-10-7-16(14)21(4-2)19-15/h13H,3-12H2,1-2H3,(H,18,22). The zero-order chi connectivity index (χ0) is 16.2. The molecule has 1 aromatic heterocycles. The smallest absolute Gasteiger partial charge is 0.219 e. The highest BCUT2D eigenvalue weighted by Crippen LogP contribution is 2.23. The Bertz CT molecular complexity index is 547. The number of likely N-dealkylation sites (tertiary alicyclic amines) is 1. The second-order valence-corrected chi connectivity index (χ2v) is 6.46. The molecule has 0 aliphatic carbocycles. The number of hydrogen-bond donors (Lipinski definition) is 1. The van der Waals surface area contributed by atoms with E-state index in [-0.39, 0.29) is 5.91 Å². The summed E-state index contributed by atoms with van der Waals surface area (Å²) < 4.78 is 7.78. The van der Waals surface area contributed by atoms with Gasteiger partial charge in [-0.05, 0) is 19.8 Å². The molecule has 128 valence electrons. The molecule has 0 atom stereocenters. The van der Waals surface area contributed by atoms with Crippen molar-refractivity contribution in [2.45, 2.75) is 65.3 Å². The maximum absolute atomic E-state index is 11.5. The van der Waals surface area contributed by atoms with Crippen molar-refractivity contribution in [1.82, 2.24) is 20.0 Å². The topological polar surface area (TPSA) is 59.4 Å². The Hall–Kier alpha value is -1.40. The molecule has 1 amide bonds. The largest absolute Gasteiger partial charge is 0.376 e. The van der Waals surface area contributed by atoms with Crippen LogP contribution in [0.3, 0.4) is 0 Å². The minimum Gasteiger partial charge on any atom is -0.376 e. The molecule has 1 N–H and O–H groups in total. The zero-order valence-corrected chi connectivity index (χ0v) is 14.3. The molecule has 6 nitrogen and oxygen atoms in total. The molecular formula is C17H28N4O2. The molecule has 0 bridgehead atoms. The summed E-state index contributed by atoms with van der Waals surface area (Å²) in [6.45, 7) is 9.41. The van der Waals surface area contributed by atoms with Gasteiger partial charge in [-0.2, -0.15) is 5.10 Å². The first-order chi connectivity index (χ1) is 11.2. The predicted molar refractivity (Wildman–Crippen MR) is 88.0 cm³/mol. The van der Waals surface area contributed by atoms with Crippen molar-refractivity contribution in [2.24, 2.45) is 0 Å². The van der Waals surface area contributed by atoms with E-state index in [1.165, 1.54) is 17.0 Å². The second-order valence-electron chi connectivity index (χ2n) is 6.46. The van der Waals surface area contributed by atoms with E-state index in [1.54, 1.807) is 0 Å². The van der Waals surface area contributed by atoms with E-state index in [0.29, 0.717) is 19.1 Å². The van der Waals surface area contributed by atoms with Gasteiger partial charge in [0.05, 0.1) is 18.9 Å². The number of carbonyl (C=O) groups excluding carboxylic acids is 1. The van der Waals surface area contributed by atoms with Crippen LogP contribution in [0.5, 0.6) is 0 Å². The van der Waals surface area contributed by atoms with Crippen molar-refractivity contribution in [3.05, 3.63) is 17.0 Å². The van der Waals surface area contributed by atoms with Gasteiger partial charge in [-0.25, -0.2) is 0 Å². The van der Waals surface area contributed by atoms with E-state index < -0.39 is 0 Å². The summed E-state index contributed by atoms with van der Waals surface area (Å²) in [7, 11) is 0. The maximum Gasteiger partial charge on any atom is 0.219 e. The van der Waals surface area contributed by atoms with Crippen LogP contribution in [0.1, 0.15) is 50.1 Å². The molecule has 0 saturated carbocycles. The first-order valence-electron chi connectivity index (χ1n) is 8.88. The molecule has 2 aliphatic heterocycles. The van der Waals surface area contributed by atoms with Crippen LogP contribution >= 0.6 is 0 Å². The lowest BCUT2D eigenvalue weighted by atomic mass is 10.0. The average Bonchev–Trinajstić information content (AvgIpc) is 2.94. The van der Waals surface area contributed by atoms with Gasteiger partial charge in [-0.15, -0.1) is 0 Å². The number of nitrogens with zero attached hydrogens (tertiary/aromatic N) is 3. The average molecular weight is 320 g/mol. The van der Waals surface area contributed by atoms with Crippen LogP contribution in [0.15, 0.2) is 0 Å². The van der Waals surface area contributed by atoms with Gasteiger partial charge in [0.1, 0.15) is 0 Å². The van der Waals surface area contributed by atoms with Gasteiger partial charge in [-0.1, -0.05) is 6.92 Å². The van der Waals surface area contributed by atoms with Crippen molar-refractivity contribution >= 4 is 5.91 Å². The number of carbonyl (C=O) groups is 1. The number of aryl methyl sites for hydroxylation is 1. The number of aromatic nitrogens is 2. The fourth-order valence-electron chi connectivity index (χ4n) is 3.54. The van der Waals surface area contributed by atoms with Gasteiger partial charge in [0.25, 0.3) is 0 Å². The molecule has 2 aliphatic rings. The molecule has 1 fully saturated rings. The third kappa shape index (κ3) is 3.75. The summed E-state index contributed by atoms with van der Waals surface area (Å²) >= 11 is 0. The van der Waals surface area contributed by atoms with Crippen LogP contribution in [-0.2, 0) is 35.6 Å². The van der Waals surface area contributed by atoms with E-state index >= 15 is 0 Å². The van der Waals surface area contributed by atoms with Gasteiger partial charge in [0, 0.05) is 56.3 Å². The lowest BCUT2D eigenvalue weighted by molar-refractivity contribution is -0.121. The molecule has 6 heteroatoms. The van der Waals surface area contributed by atoms with E-state index in [1.807, 2.05) is 6.92 Å².